The summed E-state index contributed by atoms with van der Waals surface area (Å²) in [4.78, 5) is 0. The Hall–Kier alpha value is -1.44. The van der Waals surface area contributed by atoms with Crippen LogP contribution in [0.2, 0.25) is 0 Å². The summed E-state index contributed by atoms with van der Waals surface area (Å²) in [5, 5.41) is 11.7. The molecule has 0 spiro atoms. The van der Waals surface area contributed by atoms with Gasteiger partial charge >= 0.3 is 0 Å². The molecule has 0 aromatic heterocycles. The van der Waals surface area contributed by atoms with Crippen molar-refractivity contribution in [3.05, 3.63) is 34.6 Å². The van der Waals surface area contributed by atoms with Gasteiger partial charge in [-0.1, -0.05) is 0 Å². The average molecular weight is 206 g/mol. The number of hydrogen-bond acceptors (Lipinski definition) is 3. The van der Waals surface area contributed by atoms with Gasteiger partial charge in [0.05, 0.1) is 30.9 Å². The maximum Gasteiger partial charge on any atom is 0.129 e. The predicted molar refractivity (Wildman–Crippen MR) is 52.6 cm³/mol. The van der Waals surface area contributed by atoms with Crippen LogP contribution in [-0.4, -0.2) is 13.7 Å². The number of fused-ring (bicyclic) bond motifs is 1. The average Bonchev–Trinajstić information content (AvgIpc) is 2.27. The molecule has 2 rings (SSSR count). The van der Waals surface area contributed by atoms with Gasteiger partial charge in [-0.2, -0.15) is 5.26 Å². The van der Waals surface area contributed by atoms with Crippen LogP contribution in [0.25, 0.3) is 0 Å². The smallest absolute Gasteiger partial charge is 0.129 e. The van der Waals surface area contributed by atoms with Crippen molar-refractivity contribution in [2.75, 3.05) is 13.7 Å². The Bertz CT molecular complexity index is 425. The monoisotopic (exact) mass is 206 g/mol. The van der Waals surface area contributed by atoms with Crippen LogP contribution in [0.3, 0.4) is 0 Å². The molecule has 1 N–H and O–H groups in total. The number of ether oxygens (including phenoxy) is 1. The maximum absolute atomic E-state index is 13.7. The van der Waals surface area contributed by atoms with Crippen LogP contribution in [0, 0.1) is 17.1 Å². The molecule has 1 aliphatic heterocycles. The zero-order chi connectivity index (χ0) is 10.8. The van der Waals surface area contributed by atoms with Gasteiger partial charge in [-0.15, -0.1) is 0 Å². The van der Waals surface area contributed by atoms with E-state index in [2.05, 4.69) is 5.32 Å². The Morgan fingerprint density at radius 2 is 2.40 bits per heavy atom. The lowest BCUT2D eigenvalue weighted by molar-refractivity contribution is 0.0825. The number of likely N-dealkylation sites (N-methyl/N-ethyl adjacent to an activating group) is 1. The second-order valence-electron chi connectivity index (χ2n) is 3.50. The van der Waals surface area contributed by atoms with E-state index in [1.807, 2.05) is 6.07 Å². The minimum Gasteiger partial charge on any atom is -0.375 e. The summed E-state index contributed by atoms with van der Waals surface area (Å²) in [6, 6.07) is 4.77. The molecule has 0 saturated heterocycles. The number of hydrogen-bond donors (Lipinski definition) is 1. The van der Waals surface area contributed by atoms with Crippen molar-refractivity contribution in [1.29, 1.82) is 5.26 Å². The summed E-state index contributed by atoms with van der Waals surface area (Å²) in [7, 11) is 1.76. The highest BCUT2D eigenvalue weighted by Crippen LogP contribution is 2.28. The minimum absolute atomic E-state index is 0.124. The van der Waals surface area contributed by atoms with Crippen molar-refractivity contribution >= 4 is 0 Å². The van der Waals surface area contributed by atoms with Crippen LogP contribution in [-0.2, 0) is 11.3 Å². The Morgan fingerprint density at radius 1 is 1.60 bits per heavy atom. The second kappa shape index (κ2) is 3.97. The molecule has 0 fully saturated rings. The fourth-order valence-electron chi connectivity index (χ4n) is 1.85. The Morgan fingerprint density at radius 3 is 3.07 bits per heavy atom. The Labute approximate surface area is 87.5 Å². The van der Waals surface area contributed by atoms with Crippen molar-refractivity contribution in [2.45, 2.75) is 12.6 Å². The second-order valence-corrected chi connectivity index (χ2v) is 3.50. The van der Waals surface area contributed by atoms with Gasteiger partial charge in [0.15, 0.2) is 0 Å². The molecule has 0 bridgehead atoms. The van der Waals surface area contributed by atoms with Gasteiger partial charge in [0.25, 0.3) is 0 Å². The summed E-state index contributed by atoms with van der Waals surface area (Å²) < 4.78 is 19.0. The SMILES string of the molecule is CN[C@@H]1COCc2cc(C#N)cc(F)c21. The molecular formula is C11H11FN2O. The molecule has 1 atom stereocenters. The fraction of sp³-hybridized carbons (Fsp3) is 0.364. The molecule has 0 aliphatic carbocycles. The highest BCUT2D eigenvalue weighted by atomic mass is 19.1. The summed E-state index contributed by atoms with van der Waals surface area (Å²) >= 11 is 0. The summed E-state index contributed by atoms with van der Waals surface area (Å²) in [6.45, 7) is 0.840. The number of halogens is 1. The first kappa shape index (κ1) is 10.1. The van der Waals surface area contributed by atoms with Gasteiger partial charge in [-0.3, -0.25) is 0 Å². The Balaban J connectivity index is 2.53. The zero-order valence-corrected chi connectivity index (χ0v) is 8.38. The maximum atomic E-state index is 13.7. The van der Waals surface area contributed by atoms with E-state index in [0.29, 0.717) is 24.3 Å². The number of nitrogens with one attached hydrogen (secondary N) is 1. The van der Waals surface area contributed by atoms with Crippen LogP contribution >= 0.6 is 0 Å². The topological polar surface area (TPSA) is 45.0 Å². The normalized spacial score (nSPS) is 19.4. The molecule has 1 aromatic carbocycles. The van der Waals surface area contributed by atoms with E-state index in [-0.39, 0.29) is 11.9 Å². The lowest BCUT2D eigenvalue weighted by atomic mass is 9.96. The first-order chi connectivity index (χ1) is 7.26. The van der Waals surface area contributed by atoms with E-state index < -0.39 is 0 Å². The highest BCUT2D eigenvalue weighted by molar-refractivity contribution is 5.41. The van der Waals surface area contributed by atoms with E-state index in [1.54, 1.807) is 13.1 Å². The van der Waals surface area contributed by atoms with Crippen LogP contribution in [0.5, 0.6) is 0 Å². The number of nitrogens with zero attached hydrogens (tertiary/aromatic N) is 1. The summed E-state index contributed by atoms with van der Waals surface area (Å²) in [5.41, 5.74) is 1.73. The minimum atomic E-state index is -0.327. The summed E-state index contributed by atoms with van der Waals surface area (Å²) in [6.07, 6.45) is 0. The van der Waals surface area contributed by atoms with E-state index >= 15 is 0 Å². The van der Waals surface area contributed by atoms with Gasteiger partial charge in [-0.25, -0.2) is 4.39 Å². The lowest BCUT2D eigenvalue weighted by Gasteiger charge is -2.25. The van der Waals surface area contributed by atoms with E-state index in [9.17, 15) is 4.39 Å². The quantitative estimate of drug-likeness (QED) is 0.757. The van der Waals surface area contributed by atoms with Crippen LogP contribution in [0.4, 0.5) is 4.39 Å². The molecule has 0 radical (unpaired) electrons. The molecule has 78 valence electrons. The third kappa shape index (κ3) is 1.72. The third-order valence-corrected chi connectivity index (χ3v) is 2.58. The lowest BCUT2D eigenvalue weighted by Crippen LogP contribution is -2.28. The largest absolute Gasteiger partial charge is 0.375 e. The standard InChI is InChI=1S/C11H11FN2O/c1-14-10-6-15-5-8-2-7(4-13)3-9(12)11(8)10/h2-3,10,14H,5-6H2,1H3/t10-/m1/s1. The van der Waals surface area contributed by atoms with Crippen LogP contribution < -0.4 is 5.32 Å². The van der Waals surface area contributed by atoms with Crippen LogP contribution in [0.15, 0.2) is 12.1 Å². The first-order valence-electron chi connectivity index (χ1n) is 4.73. The fourth-order valence-corrected chi connectivity index (χ4v) is 1.85. The Kier molecular flexibility index (Phi) is 2.67. The molecular weight excluding hydrogens is 195 g/mol. The molecule has 0 amide bonds. The van der Waals surface area contributed by atoms with E-state index in [0.717, 1.165) is 5.56 Å². The highest BCUT2D eigenvalue weighted by Gasteiger charge is 2.23. The molecule has 0 unspecified atom stereocenters. The van der Waals surface area contributed by atoms with Crippen molar-refractivity contribution in [3.63, 3.8) is 0 Å². The van der Waals surface area contributed by atoms with Crippen molar-refractivity contribution < 1.29 is 9.13 Å². The number of rotatable bonds is 1. The first-order valence-corrected chi connectivity index (χ1v) is 4.73. The van der Waals surface area contributed by atoms with Crippen molar-refractivity contribution in [2.24, 2.45) is 0 Å². The molecule has 1 aromatic rings. The van der Waals surface area contributed by atoms with Crippen molar-refractivity contribution in [1.82, 2.24) is 5.32 Å². The number of benzene rings is 1. The number of nitriles is 1. The van der Waals surface area contributed by atoms with Gasteiger partial charge in [0.2, 0.25) is 0 Å². The zero-order valence-electron chi connectivity index (χ0n) is 8.38. The third-order valence-electron chi connectivity index (χ3n) is 2.58. The van der Waals surface area contributed by atoms with Crippen LogP contribution in [0.1, 0.15) is 22.7 Å². The molecule has 3 nitrogen and oxygen atoms in total. The van der Waals surface area contributed by atoms with Gasteiger partial charge in [0.1, 0.15) is 5.82 Å². The van der Waals surface area contributed by atoms with Gasteiger partial charge in [0, 0.05) is 5.56 Å². The predicted octanol–water partition coefficient (Wildman–Crippen LogP) is 1.49. The summed E-state index contributed by atoms with van der Waals surface area (Å²) in [5.74, 6) is -0.327. The van der Waals surface area contributed by atoms with E-state index in [4.69, 9.17) is 10.00 Å². The molecule has 1 aliphatic rings. The molecule has 1 heterocycles. The van der Waals surface area contributed by atoms with E-state index in [1.165, 1.54) is 6.07 Å². The molecule has 15 heavy (non-hydrogen) atoms. The molecule has 0 saturated carbocycles. The van der Waals surface area contributed by atoms with Crippen molar-refractivity contribution in [3.8, 4) is 6.07 Å². The van der Waals surface area contributed by atoms with Gasteiger partial charge in [-0.05, 0) is 24.7 Å². The van der Waals surface area contributed by atoms with Gasteiger partial charge < -0.3 is 10.1 Å². The molecule has 4 heteroatoms.